The maximum atomic E-state index is 12.5. The summed E-state index contributed by atoms with van der Waals surface area (Å²) in [6.07, 6.45) is 2.59. The van der Waals surface area contributed by atoms with E-state index in [1.54, 1.807) is 0 Å². The van der Waals surface area contributed by atoms with E-state index in [1.807, 2.05) is 55.6 Å². The number of aromatic amines is 1. The minimum Gasteiger partial charge on any atom is -0.382 e. The van der Waals surface area contributed by atoms with Crippen LogP contribution in [0.4, 0.5) is 11.6 Å². The molecule has 2 aromatic heterocycles. The monoisotopic (exact) mass is 350 g/mol. The van der Waals surface area contributed by atoms with E-state index in [-0.39, 0.29) is 5.91 Å². The Balaban J connectivity index is 1.52. The molecule has 0 aliphatic heterocycles. The summed E-state index contributed by atoms with van der Waals surface area (Å²) < 4.78 is 0. The molecule has 3 rings (SSSR count). The van der Waals surface area contributed by atoms with E-state index in [9.17, 15) is 4.79 Å². The number of amides is 1. The van der Waals surface area contributed by atoms with Crippen LogP contribution in [0.5, 0.6) is 0 Å². The number of hydrogen-bond acceptors (Lipinski definition) is 5. The molecule has 26 heavy (non-hydrogen) atoms. The number of nitrogen functional groups attached to an aromatic ring is 1. The summed E-state index contributed by atoms with van der Waals surface area (Å²) in [5.74, 6) is 0.921. The number of nitrogens with two attached hydrogens (primary N) is 1. The predicted molar refractivity (Wildman–Crippen MR) is 103 cm³/mol. The number of aryl methyl sites for hydroxylation is 1. The summed E-state index contributed by atoms with van der Waals surface area (Å²) in [5.41, 5.74) is 8.91. The highest BCUT2D eigenvalue weighted by Crippen LogP contribution is 2.27. The number of aromatic nitrogens is 3. The van der Waals surface area contributed by atoms with Crippen LogP contribution in [0.1, 0.15) is 22.5 Å². The third-order valence-electron chi connectivity index (χ3n) is 3.94. The van der Waals surface area contributed by atoms with Gasteiger partial charge in [-0.2, -0.15) is 5.10 Å². The molecule has 1 aromatic carbocycles. The second-order valence-electron chi connectivity index (χ2n) is 5.98. The number of pyridine rings is 1. The molecule has 0 unspecified atom stereocenters. The van der Waals surface area contributed by atoms with Crippen molar-refractivity contribution < 1.29 is 4.79 Å². The van der Waals surface area contributed by atoms with Crippen molar-refractivity contribution in [1.82, 2.24) is 20.5 Å². The smallest absolute Gasteiger partial charge is 0.270 e. The third kappa shape index (κ3) is 4.18. The maximum absolute atomic E-state index is 12.5. The first kappa shape index (κ1) is 17.5. The molecular weight excluding hydrogens is 328 g/mol. The van der Waals surface area contributed by atoms with Gasteiger partial charge in [-0.3, -0.25) is 9.89 Å². The van der Waals surface area contributed by atoms with Crippen LogP contribution in [0.2, 0.25) is 0 Å². The van der Waals surface area contributed by atoms with Crippen molar-refractivity contribution in [2.45, 2.75) is 13.3 Å². The van der Waals surface area contributed by atoms with Gasteiger partial charge < -0.3 is 16.4 Å². The van der Waals surface area contributed by atoms with Gasteiger partial charge in [0.15, 0.2) is 5.82 Å². The average Bonchev–Trinajstić information content (AvgIpc) is 3.05. The fourth-order valence-corrected chi connectivity index (χ4v) is 2.58. The van der Waals surface area contributed by atoms with Gasteiger partial charge >= 0.3 is 0 Å². The Labute approximate surface area is 152 Å². The van der Waals surface area contributed by atoms with Gasteiger partial charge in [0.25, 0.3) is 5.91 Å². The van der Waals surface area contributed by atoms with Gasteiger partial charge in [0.05, 0.1) is 5.56 Å². The first-order valence-electron chi connectivity index (χ1n) is 8.49. The summed E-state index contributed by atoms with van der Waals surface area (Å²) in [6.45, 7) is 3.25. The third-order valence-corrected chi connectivity index (χ3v) is 3.94. The molecule has 1 amide bonds. The molecule has 0 aliphatic carbocycles. The van der Waals surface area contributed by atoms with Crippen molar-refractivity contribution in [3.8, 4) is 11.1 Å². The average molecular weight is 350 g/mol. The number of nitrogens with one attached hydrogen (secondary N) is 3. The predicted octanol–water partition coefficient (Wildman–Crippen LogP) is 2.59. The fraction of sp³-hybridized carbons (Fsp3) is 0.211. The molecular formula is C19H22N6O. The Bertz CT molecular complexity index is 857. The highest BCUT2D eigenvalue weighted by atomic mass is 16.1. The van der Waals surface area contributed by atoms with Gasteiger partial charge in [0.2, 0.25) is 0 Å². The number of carbonyl (C=O) groups is 1. The van der Waals surface area contributed by atoms with Crippen molar-refractivity contribution in [3.63, 3.8) is 0 Å². The van der Waals surface area contributed by atoms with E-state index >= 15 is 0 Å². The van der Waals surface area contributed by atoms with Crippen molar-refractivity contribution in [3.05, 3.63) is 59.9 Å². The van der Waals surface area contributed by atoms with Crippen LogP contribution in [0.3, 0.4) is 0 Å². The van der Waals surface area contributed by atoms with E-state index in [1.165, 1.54) is 0 Å². The topological polar surface area (TPSA) is 109 Å². The van der Waals surface area contributed by atoms with E-state index in [4.69, 9.17) is 5.73 Å². The van der Waals surface area contributed by atoms with E-state index < -0.39 is 0 Å². The lowest BCUT2D eigenvalue weighted by molar-refractivity contribution is 0.0949. The zero-order valence-corrected chi connectivity index (χ0v) is 14.6. The van der Waals surface area contributed by atoms with E-state index in [0.717, 1.165) is 23.4 Å². The molecule has 134 valence electrons. The molecule has 3 aromatic rings. The molecule has 7 nitrogen and oxygen atoms in total. The first-order chi connectivity index (χ1) is 12.6. The molecule has 7 heteroatoms. The number of carbonyl (C=O) groups excluding carboxylic acids is 1. The van der Waals surface area contributed by atoms with Crippen LogP contribution in [-0.2, 0) is 0 Å². The lowest BCUT2D eigenvalue weighted by Crippen LogP contribution is -2.26. The Kier molecular flexibility index (Phi) is 5.48. The normalized spacial score (nSPS) is 10.5. The fourth-order valence-electron chi connectivity index (χ4n) is 2.58. The zero-order chi connectivity index (χ0) is 18.4. The summed E-state index contributed by atoms with van der Waals surface area (Å²) in [5, 5.41) is 12.8. The maximum Gasteiger partial charge on any atom is 0.270 e. The van der Waals surface area contributed by atoms with Gasteiger partial charge in [0.1, 0.15) is 11.5 Å². The molecule has 0 aliphatic rings. The molecule has 0 bridgehead atoms. The Morgan fingerprint density at radius 2 is 1.96 bits per heavy atom. The number of hydrogen-bond donors (Lipinski definition) is 4. The van der Waals surface area contributed by atoms with Gasteiger partial charge in [-0.15, -0.1) is 0 Å². The molecule has 0 atom stereocenters. The number of H-pyrrole nitrogens is 1. The molecule has 5 N–H and O–H groups in total. The van der Waals surface area contributed by atoms with Crippen molar-refractivity contribution in [1.29, 1.82) is 0 Å². The molecule has 0 spiro atoms. The standard InChI is InChI=1S/C19H22N6O/c1-13-8-9-15(23-12-13)21-10-5-11-22-19(26)17-16(18(20)25-24-17)14-6-3-2-4-7-14/h2-4,6-9,12H,5,10-11H2,1H3,(H,21,23)(H,22,26)(H3,20,24,25). The van der Waals surface area contributed by atoms with Crippen LogP contribution in [0.15, 0.2) is 48.7 Å². The lowest BCUT2D eigenvalue weighted by Gasteiger charge is -2.08. The Hall–Kier alpha value is -3.35. The van der Waals surface area contributed by atoms with E-state index in [0.29, 0.717) is 30.2 Å². The second-order valence-corrected chi connectivity index (χ2v) is 5.98. The number of nitrogens with zero attached hydrogens (tertiary/aromatic N) is 2. The molecule has 0 radical (unpaired) electrons. The Morgan fingerprint density at radius 3 is 2.69 bits per heavy atom. The number of benzene rings is 1. The zero-order valence-electron chi connectivity index (χ0n) is 14.6. The van der Waals surface area contributed by atoms with Crippen LogP contribution in [0.25, 0.3) is 11.1 Å². The van der Waals surface area contributed by atoms with Crippen molar-refractivity contribution in [2.75, 3.05) is 24.1 Å². The molecule has 2 heterocycles. The molecule has 0 saturated heterocycles. The Morgan fingerprint density at radius 1 is 1.15 bits per heavy atom. The van der Waals surface area contributed by atoms with Gasteiger partial charge in [-0.25, -0.2) is 4.98 Å². The minimum absolute atomic E-state index is 0.221. The van der Waals surface area contributed by atoms with Gasteiger partial charge in [-0.1, -0.05) is 36.4 Å². The summed E-state index contributed by atoms with van der Waals surface area (Å²) in [7, 11) is 0. The minimum atomic E-state index is -0.221. The number of anilines is 2. The summed E-state index contributed by atoms with van der Waals surface area (Å²) in [6, 6.07) is 13.4. The second kappa shape index (κ2) is 8.15. The molecule has 0 saturated carbocycles. The summed E-state index contributed by atoms with van der Waals surface area (Å²) in [4.78, 5) is 16.7. The highest BCUT2D eigenvalue weighted by Gasteiger charge is 2.18. The quantitative estimate of drug-likeness (QED) is 0.490. The largest absolute Gasteiger partial charge is 0.382 e. The van der Waals surface area contributed by atoms with Crippen molar-refractivity contribution in [2.24, 2.45) is 0 Å². The summed E-state index contributed by atoms with van der Waals surface area (Å²) >= 11 is 0. The van der Waals surface area contributed by atoms with Crippen LogP contribution in [0, 0.1) is 6.92 Å². The van der Waals surface area contributed by atoms with Crippen LogP contribution < -0.4 is 16.4 Å². The SMILES string of the molecule is Cc1ccc(NCCCNC(=O)c2[nH]nc(N)c2-c2ccccc2)nc1. The van der Waals surface area contributed by atoms with Gasteiger partial charge in [-0.05, 0) is 30.5 Å². The first-order valence-corrected chi connectivity index (χ1v) is 8.49. The number of rotatable bonds is 7. The van der Waals surface area contributed by atoms with E-state index in [2.05, 4.69) is 25.8 Å². The van der Waals surface area contributed by atoms with Gasteiger partial charge in [0, 0.05) is 19.3 Å². The van der Waals surface area contributed by atoms with Crippen LogP contribution >= 0.6 is 0 Å². The van der Waals surface area contributed by atoms with Crippen molar-refractivity contribution >= 4 is 17.5 Å². The molecule has 0 fully saturated rings. The van der Waals surface area contributed by atoms with Crippen LogP contribution in [-0.4, -0.2) is 34.2 Å². The lowest BCUT2D eigenvalue weighted by atomic mass is 10.1. The highest BCUT2D eigenvalue weighted by molar-refractivity contribution is 6.01.